The highest BCUT2D eigenvalue weighted by Crippen LogP contribution is 2.32. The summed E-state index contributed by atoms with van der Waals surface area (Å²) in [5, 5.41) is 5.34. The number of hydrazine groups is 1. The van der Waals surface area contributed by atoms with Gasteiger partial charge in [0, 0.05) is 35.3 Å². The van der Waals surface area contributed by atoms with Crippen molar-refractivity contribution >= 4 is 23.2 Å². The molecule has 0 bridgehead atoms. The molecule has 148 valence electrons. The van der Waals surface area contributed by atoms with Gasteiger partial charge in [0.05, 0.1) is 5.70 Å². The van der Waals surface area contributed by atoms with E-state index in [1.807, 2.05) is 55.5 Å². The zero-order chi connectivity index (χ0) is 20.1. The molecule has 2 aromatic rings. The number of hydrogen-bond donors (Lipinski definition) is 3. The molecule has 2 atom stereocenters. The van der Waals surface area contributed by atoms with Gasteiger partial charge in [0.1, 0.15) is 0 Å². The van der Waals surface area contributed by atoms with Crippen LogP contribution in [0.25, 0.3) is 16.8 Å². The second-order valence-corrected chi connectivity index (χ2v) is 7.54. The standard InChI is InChI=1S/C22H27ClN4O/c1-2-26-22(28)18-9-12-20(13-18)27(25)21(14-24)17-5-3-15(4-6-17)16-7-10-19(23)11-8-16/h3-8,10-11,14,18,20H,2,9,12-13,24-25H2,1H3,(H,26,28)/b21-14-. The van der Waals surface area contributed by atoms with E-state index in [-0.39, 0.29) is 17.9 Å². The Morgan fingerprint density at radius 2 is 1.75 bits per heavy atom. The van der Waals surface area contributed by atoms with Gasteiger partial charge in [-0.3, -0.25) is 4.79 Å². The maximum atomic E-state index is 12.1. The van der Waals surface area contributed by atoms with E-state index in [1.54, 1.807) is 5.01 Å². The molecule has 0 heterocycles. The first-order valence-electron chi connectivity index (χ1n) is 9.63. The van der Waals surface area contributed by atoms with Gasteiger partial charge in [-0.1, -0.05) is 48.0 Å². The van der Waals surface area contributed by atoms with Gasteiger partial charge in [0.25, 0.3) is 0 Å². The third kappa shape index (κ3) is 4.49. The lowest BCUT2D eigenvalue weighted by atomic mass is 10.0. The molecular weight excluding hydrogens is 372 g/mol. The minimum atomic E-state index is 0.0160. The van der Waals surface area contributed by atoms with Crippen molar-refractivity contribution in [1.82, 2.24) is 10.3 Å². The van der Waals surface area contributed by atoms with E-state index in [4.69, 9.17) is 23.2 Å². The lowest BCUT2D eigenvalue weighted by molar-refractivity contribution is -0.124. The molecular formula is C22H27ClN4O. The van der Waals surface area contributed by atoms with Crippen LogP contribution in [0.3, 0.4) is 0 Å². The Labute approximate surface area is 171 Å². The second kappa shape index (κ2) is 9.13. The quantitative estimate of drug-likeness (QED) is 0.511. The Morgan fingerprint density at radius 3 is 2.32 bits per heavy atom. The van der Waals surface area contributed by atoms with Gasteiger partial charge < -0.3 is 16.1 Å². The zero-order valence-electron chi connectivity index (χ0n) is 16.1. The smallest absolute Gasteiger partial charge is 0.223 e. The predicted octanol–water partition coefficient (Wildman–Crippen LogP) is 3.74. The topological polar surface area (TPSA) is 84.4 Å². The number of hydrogen-bond acceptors (Lipinski definition) is 4. The van der Waals surface area contributed by atoms with Crippen LogP contribution in [0.5, 0.6) is 0 Å². The van der Waals surface area contributed by atoms with Crippen LogP contribution in [-0.4, -0.2) is 23.5 Å². The van der Waals surface area contributed by atoms with Crippen LogP contribution in [0.15, 0.2) is 54.7 Å². The van der Waals surface area contributed by atoms with Crippen LogP contribution in [0.4, 0.5) is 0 Å². The Bertz CT molecular complexity index is 833. The van der Waals surface area contributed by atoms with Crippen LogP contribution in [0, 0.1) is 5.92 Å². The molecule has 6 heteroatoms. The van der Waals surface area contributed by atoms with Crippen molar-refractivity contribution in [3.63, 3.8) is 0 Å². The first-order valence-corrected chi connectivity index (χ1v) is 10.0. The highest BCUT2D eigenvalue weighted by atomic mass is 35.5. The molecule has 0 spiro atoms. The number of nitrogens with zero attached hydrogens (tertiary/aromatic N) is 1. The van der Waals surface area contributed by atoms with Crippen molar-refractivity contribution in [3.05, 3.63) is 65.3 Å². The fourth-order valence-electron chi connectivity index (χ4n) is 3.77. The van der Waals surface area contributed by atoms with Gasteiger partial charge in [0.15, 0.2) is 0 Å². The Kier molecular flexibility index (Phi) is 6.60. The average molecular weight is 399 g/mol. The van der Waals surface area contributed by atoms with Gasteiger partial charge in [-0.05, 0) is 49.4 Å². The number of carbonyl (C=O) groups is 1. The summed E-state index contributed by atoms with van der Waals surface area (Å²) in [4.78, 5) is 12.1. The molecule has 1 aliphatic rings. The maximum absolute atomic E-state index is 12.1. The molecule has 5 N–H and O–H groups in total. The number of nitrogens with one attached hydrogen (secondary N) is 1. The van der Waals surface area contributed by atoms with Crippen molar-refractivity contribution in [2.24, 2.45) is 17.5 Å². The van der Waals surface area contributed by atoms with Crippen LogP contribution in [0.1, 0.15) is 31.7 Å². The van der Waals surface area contributed by atoms with E-state index in [2.05, 4.69) is 5.32 Å². The van der Waals surface area contributed by atoms with E-state index in [0.29, 0.717) is 6.54 Å². The summed E-state index contributed by atoms with van der Waals surface area (Å²) in [5.41, 5.74) is 9.81. The third-order valence-electron chi connectivity index (χ3n) is 5.31. The minimum Gasteiger partial charge on any atom is -0.403 e. The molecule has 5 nitrogen and oxygen atoms in total. The molecule has 2 unspecified atom stereocenters. The van der Waals surface area contributed by atoms with Gasteiger partial charge in [-0.25, -0.2) is 5.84 Å². The second-order valence-electron chi connectivity index (χ2n) is 7.10. The summed E-state index contributed by atoms with van der Waals surface area (Å²) >= 11 is 5.96. The van der Waals surface area contributed by atoms with E-state index >= 15 is 0 Å². The molecule has 0 aromatic heterocycles. The van der Waals surface area contributed by atoms with Gasteiger partial charge >= 0.3 is 0 Å². The number of nitrogens with two attached hydrogens (primary N) is 2. The van der Waals surface area contributed by atoms with E-state index in [1.165, 1.54) is 6.20 Å². The largest absolute Gasteiger partial charge is 0.403 e. The maximum Gasteiger partial charge on any atom is 0.223 e. The van der Waals surface area contributed by atoms with Crippen molar-refractivity contribution in [1.29, 1.82) is 0 Å². The van der Waals surface area contributed by atoms with Gasteiger partial charge in [0.2, 0.25) is 5.91 Å². The van der Waals surface area contributed by atoms with E-state index in [9.17, 15) is 4.79 Å². The summed E-state index contributed by atoms with van der Waals surface area (Å²) in [6.07, 6.45) is 4.00. The normalized spacial score (nSPS) is 19.5. The number of rotatable bonds is 6. The van der Waals surface area contributed by atoms with Crippen molar-refractivity contribution < 1.29 is 4.79 Å². The molecule has 1 saturated carbocycles. The van der Waals surface area contributed by atoms with E-state index < -0.39 is 0 Å². The number of carbonyl (C=O) groups excluding carboxylic acids is 1. The SMILES string of the molecule is CCNC(=O)C1CCC(N(N)/C(=C\N)c2ccc(-c3ccc(Cl)cc3)cc2)C1. The molecule has 1 aliphatic carbocycles. The fraction of sp³-hybridized carbons (Fsp3) is 0.318. The summed E-state index contributed by atoms with van der Waals surface area (Å²) in [6, 6.07) is 15.9. The molecule has 0 aliphatic heterocycles. The summed E-state index contributed by atoms with van der Waals surface area (Å²) in [5.74, 6) is 6.54. The van der Waals surface area contributed by atoms with Crippen LogP contribution in [0.2, 0.25) is 5.02 Å². The molecule has 1 amide bonds. The molecule has 0 radical (unpaired) electrons. The fourth-order valence-corrected chi connectivity index (χ4v) is 3.90. The highest BCUT2D eigenvalue weighted by Gasteiger charge is 2.33. The van der Waals surface area contributed by atoms with Crippen LogP contribution < -0.4 is 16.9 Å². The number of halogens is 1. The Hall–Kier alpha value is -2.50. The Morgan fingerprint density at radius 1 is 1.14 bits per heavy atom. The number of benzene rings is 2. The first kappa shape index (κ1) is 20.2. The van der Waals surface area contributed by atoms with E-state index in [0.717, 1.165) is 46.7 Å². The van der Waals surface area contributed by atoms with Crippen LogP contribution in [-0.2, 0) is 4.79 Å². The Balaban J connectivity index is 1.71. The highest BCUT2D eigenvalue weighted by molar-refractivity contribution is 6.30. The molecule has 28 heavy (non-hydrogen) atoms. The van der Waals surface area contributed by atoms with Gasteiger partial charge in [-0.2, -0.15) is 0 Å². The average Bonchev–Trinajstić information content (AvgIpc) is 3.20. The minimum absolute atomic E-state index is 0.0160. The first-order chi connectivity index (χ1) is 13.5. The third-order valence-corrected chi connectivity index (χ3v) is 5.57. The van der Waals surface area contributed by atoms with Crippen LogP contribution >= 0.6 is 11.6 Å². The summed E-state index contributed by atoms with van der Waals surface area (Å²) in [7, 11) is 0. The molecule has 1 fully saturated rings. The monoisotopic (exact) mass is 398 g/mol. The molecule has 0 saturated heterocycles. The zero-order valence-corrected chi connectivity index (χ0v) is 16.8. The summed E-state index contributed by atoms with van der Waals surface area (Å²) in [6.45, 7) is 2.59. The lowest BCUT2D eigenvalue weighted by Crippen LogP contribution is -2.39. The van der Waals surface area contributed by atoms with Crippen molar-refractivity contribution in [3.8, 4) is 11.1 Å². The number of amides is 1. The van der Waals surface area contributed by atoms with Gasteiger partial charge in [-0.15, -0.1) is 0 Å². The molecule has 3 rings (SSSR count). The lowest BCUT2D eigenvalue weighted by Gasteiger charge is -2.28. The van der Waals surface area contributed by atoms with Crippen molar-refractivity contribution in [2.45, 2.75) is 32.2 Å². The molecule has 2 aromatic carbocycles. The summed E-state index contributed by atoms with van der Waals surface area (Å²) < 4.78 is 0. The van der Waals surface area contributed by atoms with Crippen molar-refractivity contribution in [2.75, 3.05) is 6.54 Å². The predicted molar refractivity (Wildman–Crippen MR) is 115 cm³/mol.